The highest BCUT2D eigenvalue weighted by atomic mass is 15.2. The van der Waals surface area contributed by atoms with Crippen LogP contribution in [0.25, 0.3) is 0 Å². The number of benzene rings is 1. The average molecular weight is 217 g/mol. The molecule has 2 aliphatic rings. The number of nitrogens with zero attached hydrogens (tertiary/aromatic N) is 1. The van der Waals surface area contributed by atoms with Gasteiger partial charge in [-0.15, -0.1) is 0 Å². The molecule has 3 heteroatoms. The van der Waals surface area contributed by atoms with Crippen LogP contribution in [-0.4, -0.2) is 30.1 Å². The molecule has 0 aromatic heterocycles. The summed E-state index contributed by atoms with van der Waals surface area (Å²) in [6.45, 7) is 2.46. The lowest BCUT2D eigenvalue weighted by Crippen LogP contribution is -2.27. The Morgan fingerprint density at radius 1 is 1.12 bits per heavy atom. The van der Waals surface area contributed by atoms with Crippen molar-refractivity contribution in [3.8, 4) is 0 Å². The first-order valence-corrected chi connectivity index (χ1v) is 6.17. The van der Waals surface area contributed by atoms with E-state index >= 15 is 0 Å². The van der Waals surface area contributed by atoms with Crippen LogP contribution in [0.2, 0.25) is 0 Å². The van der Waals surface area contributed by atoms with Gasteiger partial charge in [0.05, 0.1) is 0 Å². The summed E-state index contributed by atoms with van der Waals surface area (Å²) < 4.78 is 0. The standard InChI is InChI=1S/C13H19N3/c14-10-1-3-11(4-2-10)15-12-7-8-16(9-12)13-5-6-13/h1-4,12-13,15H,5-9,14H2. The van der Waals surface area contributed by atoms with Gasteiger partial charge < -0.3 is 11.1 Å². The van der Waals surface area contributed by atoms with E-state index in [1.165, 1.54) is 38.0 Å². The first-order chi connectivity index (χ1) is 7.81. The smallest absolute Gasteiger partial charge is 0.0400 e. The molecular formula is C13H19N3. The van der Waals surface area contributed by atoms with E-state index in [9.17, 15) is 0 Å². The lowest BCUT2D eigenvalue weighted by molar-refractivity contribution is 0.326. The van der Waals surface area contributed by atoms with Crippen molar-refractivity contribution in [1.29, 1.82) is 0 Å². The zero-order valence-corrected chi connectivity index (χ0v) is 9.52. The molecule has 1 unspecified atom stereocenters. The molecule has 1 aromatic carbocycles. The van der Waals surface area contributed by atoms with E-state index in [0.29, 0.717) is 6.04 Å². The summed E-state index contributed by atoms with van der Waals surface area (Å²) in [6, 6.07) is 9.55. The van der Waals surface area contributed by atoms with E-state index in [0.717, 1.165) is 11.7 Å². The maximum Gasteiger partial charge on any atom is 0.0400 e. The van der Waals surface area contributed by atoms with E-state index in [-0.39, 0.29) is 0 Å². The number of nitrogen functional groups attached to an aromatic ring is 1. The van der Waals surface area contributed by atoms with E-state index in [4.69, 9.17) is 5.73 Å². The second-order valence-corrected chi connectivity index (χ2v) is 4.98. The van der Waals surface area contributed by atoms with Gasteiger partial charge in [-0.2, -0.15) is 0 Å². The van der Waals surface area contributed by atoms with Crippen LogP contribution in [0.15, 0.2) is 24.3 Å². The van der Waals surface area contributed by atoms with Gasteiger partial charge in [0.25, 0.3) is 0 Å². The van der Waals surface area contributed by atoms with Crippen LogP contribution < -0.4 is 11.1 Å². The number of nitrogens with one attached hydrogen (secondary N) is 1. The number of hydrogen-bond acceptors (Lipinski definition) is 3. The highest BCUT2D eigenvalue weighted by Crippen LogP contribution is 2.30. The van der Waals surface area contributed by atoms with Crippen molar-refractivity contribution in [3.05, 3.63) is 24.3 Å². The number of rotatable bonds is 3. The Morgan fingerprint density at radius 3 is 2.56 bits per heavy atom. The van der Waals surface area contributed by atoms with Gasteiger partial charge in [0.1, 0.15) is 0 Å². The third-order valence-electron chi connectivity index (χ3n) is 3.56. The van der Waals surface area contributed by atoms with E-state index in [1.807, 2.05) is 12.1 Å². The molecule has 3 N–H and O–H groups in total. The molecule has 0 bridgehead atoms. The Hall–Kier alpha value is -1.22. The van der Waals surface area contributed by atoms with Crippen molar-refractivity contribution in [1.82, 2.24) is 4.90 Å². The van der Waals surface area contributed by atoms with Gasteiger partial charge in [-0.1, -0.05) is 0 Å². The van der Waals surface area contributed by atoms with Crippen LogP contribution in [0, 0.1) is 0 Å². The minimum atomic E-state index is 0.615. The fraction of sp³-hybridized carbons (Fsp3) is 0.538. The van der Waals surface area contributed by atoms with Crippen LogP contribution in [-0.2, 0) is 0 Å². The third-order valence-corrected chi connectivity index (χ3v) is 3.56. The SMILES string of the molecule is Nc1ccc(NC2CCN(C3CC3)C2)cc1. The largest absolute Gasteiger partial charge is 0.399 e. The van der Waals surface area contributed by atoms with Crippen molar-refractivity contribution >= 4 is 11.4 Å². The van der Waals surface area contributed by atoms with Crippen molar-refractivity contribution in [3.63, 3.8) is 0 Å². The minimum absolute atomic E-state index is 0.615. The molecule has 1 atom stereocenters. The summed E-state index contributed by atoms with van der Waals surface area (Å²) in [4.78, 5) is 2.62. The van der Waals surface area contributed by atoms with Crippen LogP contribution in [0.4, 0.5) is 11.4 Å². The Morgan fingerprint density at radius 2 is 1.88 bits per heavy atom. The van der Waals surface area contributed by atoms with Gasteiger partial charge in [0, 0.05) is 36.5 Å². The molecule has 1 saturated carbocycles. The molecule has 1 aliphatic heterocycles. The highest BCUT2D eigenvalue weighted by Gasteiger charge is 2.34. The molecule has 2 fully saturated rings. The van der Waals surface area contributed by atoms with Gasteiger partial charge >= 0.3 is 0 Å². The van der Waals surface area contributed by atoms with Crippen molar-refractivity contribution in [2.75, 3.05) is 24.1 Å². The Bertz CT molecular complexity index is 356. The molecule has 3 nitrogen and oxygen atoms in total. The van der Waals surface area contributed by atoms with Crippen molar-refractivity contribution in [2.45, 2.75) is 31.3 Å². The predicted octanol–water partition coefficient (Wildman–Crippen LogP) is 1.92. The maximum absolute atomic E-state index is 5.67. The molecule has 0 radical (unpaired) electrons. The molecule has 0 spiro atoms. The lowest BCUT2D eigenvalue weighted by atomic mass is 10.2. The number of anilines is 2. The van der Waals surface area contributed by atoms with Crippen LogP contribution in [0.1, 0.15) is 19.3 Å². The van der Waals surface area contributed by atoms with Gasteiger partial charge in [-0.3, -0.25) is 4.90 Å². The van der Waals surface area contributed by atoms with Crippen LogP contribution >= 0.6 is 0 Å². The quantitative estimate of drug-likeness (QED) is 0.760. The predicted molar refractivity (Wildman–Crippen MR) is 67.5 cm³/mol. The van der Waals surface area contributed by atoms with Crippen LogP contribution in [0.5, 0.6) is 0 Å². The van der Waals surface area contributed by atoms with Crippen molar-refractivity contribution in [2.24, 2.45) is 0 Å². The lowest BCUT2D eigenvalue weighted by Gasteiger charge is -2.16. The summed E-state index contributed by atoms with van der Waals surface area (Å²) in [5.74, 6) is 0. The Balaban J connectivity index is 1.57. The summed E-state index contributed by atoms with van der Waals surface area (Å²) in [6.07, 6.45) is 4.09. The molecule has 3 rings (SSSR count). The molecule has 0 amide bonds. The molecule has 1 heterocycles. The first kappa shape index (κ1) is 9.97. The fourth-order valence-electron chi connectivity index (χ4n) is 2.49. The minimum Gasteiger partial charge on any atom is -0.399 e. The summed E-state index contributed by atoms with van der Waals surface area (Å²) in [5.41, 5.74) is 7.69. The van der Waals surface area contributed by atoms with Crippen molar-refractivity contribution < 1.29 is 0 Å². The number of hydrogen-bond donors (Lipinski definition) is 2. The molecule has 1 aliphatic carbocycles. The molecule has 16 heavy (non-hydrogen) atoms. The summed E-state index contributed by atoms with van der Waals surface area (Å²) in [7, 11) is 0. The van der Waals surface area contributed by atoms with E-state index < -0.39 is 0 Å². The second-order valence-electron chi connectivity index (χ2n) is 4.98. The van der Waals surface area contributed by atoms with Gasteiger partial charge in [0.2, 0.25) is 0 Å². The Labute approximate surface area is 96.6 Å². The average Bonchev–Trinajstić information content (AvgIpc) is 3.04. The fourth-order valence-corrected chi connectivity index (χ4v) is 2.49. The molecule has 86 valence electrons. The van der Waals surface area contributed by atoms with Gasteiger partial charge in [-0.25, -0.2) is 0 Å². The second kappa shape index (κ2) is 3.98. The maximum atomic E-state index is 5.67. The van der Waals surface area contributed by atoms with Crippen LogP contribution in [0.3, 0.4) is 0 Å². The molecular weight excluding hydrogens is 198 g/mol. The van der Waals surface area contributed by atoms with E-state index in [1.54, 1.807) is 0 Å². The number of nitrogens with two attached hydrogens (primary N) is 1. The number of likely N-dealkylation sites (tertiary alicyclic amines) is 1. The van der Waals surface area contributed by atoms with Gasteiger partial charge in [-0.05, 0) is 43.5 Å². The Kier molecular flexibility index (Phi) is 2.48. The van der Waals surface area contributed by atoms with Gasteiger partial charge in [0.15, 0.2) is 0 Å². The summed E-state index contributed by atoms with van der Waals surface area (Å²) in [5, 5.41) is 3.58. The highest BCUT2D eigenvalue weighted by molar-refractivity contribution is 5.51. The monoisotopic (exact) mass is 217 g/mol. The first-order valence-electron chi connectivity index (χ1n) is 6.17. The summed E-state index contributed by atoms with van der Waals surface area (Å²) >= 11 is 0. The topological polar surface area (TPSA) is 41.3 Å². The zero-order valence-electron chi connectivity index (χ0n) is 9.52. The molecule has 1 saturated heterocycles. The third kappa shape index (κ3) is 2.14. The zero-order chi connectivity index (χ0) is 11.0. The normalized spacial score (nSPS) is 25.9. The molecule has 1 aromatic rings. The van der Waals surface area contributed by atoms with E-state index in [2.05, 4.69) is 22.3 Å².